The smallest absolute Gasteiger partial charge is 0.259 e. The molecule has 2 N–H and O–H groups in total. The van der Waals surface area contributed by atoms with E-state index in [0.29, 0.717) is 29.9 Å². The van der Waals surface area contributed by atoms with E-state index in [4.69, 9.17) is 4.98 Å². The van der Waals surface area contributed by atoms with Crippen LogP contribution in [0.15, 0.2) is 48.9 Å². The van der Waals surface area contributed by atoms with Gasteiger partial charge in [-0.1, -0.05) is 6.07 Å². The monoisotopic (exact) mass is 400 g/mol. The van der Waals surface area contributed by atoms with Crippen LogP contribution in [0, 0.1) is 6.92 Å². The number of carbonyl (C=O) groups excluding carboxylic acids is 2. The molecule has 30 heavy (non-hydrogen) atoms. The Morgan fingerprint density at radius 1 is 1.23 bits per heavy atom. The zero-order valence-corrected chi connectivity index (χ0v) is 16.4. The van der Waals surface area contributed by atoms with Gasteiger partial charge < -0.3 is 10.6 Å². The van der Waals surface area contributed by atoms with E-state index in [-0.39, 0.29) is 17.7 Å². The van der Waals surface area contributed by atoms with Gasteiger partial charge in [0.2, 0.25) is 5.91 Å². The highest BCUT2D eigenvalue weighted by Gasteiger charge is 2.24. The molecule has 0 spiro atoms. The number of rotatable bonds is 3. The lowest BCUT2D eigenvalue weighted by Crippen LogP contribution is -2.33. The quantitative estimate of drug-likeness (QED) is 0.551. The Kier molecular flexibility index (Phi) is 4.39. The average molecular weight is 400 g/mol. The number of piperidine rings is 1. The first-order chi connectivity index (χ1) is 14.6. The fraction of sp³-hybridized carbons (Fsp3) is 0.227. The van der Waals surface area contributed by atoms with Crippen LogP contribution in [-0.2, 0) is 4.79 Å². The summed E-state index contributed by atoms with van der Waals surface area (Å²) in [6, 6.07) is 9.43. The van der Waals surface area contributed by atoms with E-state index in [1.54, 1.807) is 29.2 Å². The highest BCUT2D eigenvalue weighted by atomic mass is 16.2. The van der Waals surface area contributed by atoms with Crippen molar-refractivity contribution in [3.05, 3.63) is 65.9 Å². The van der Waals surface area contributed by atoms with E-state index in [9.17, 15) is 9.59 Å². The van der Waals surface area contributed by atoms with E-state index >= 15 is 0 Å². The molecule has 4 aromatic rings. The molecule has 0 aliphatic carbocycles. The molecule has 1 saturated heterocycles. The summed E-state index contributed by atoms with van der Waals surface area (Å²) >= 11 is 0. The number of hydrogen-bond acceptors (Lipinski definition) is 5. The van der Waals surface area contributed by atoms with Crippen LogP contribution in [0.1, 0.15) is 40.5 Å². The van der Waals surface area contributed by atoms with Crippen LogP contribution in [0.25, 0.3) is 16.4 Å². The van der Waals surface area contributed by atoms with Crippen molar-refractivity contribution in [3.63, 3.8) is 0 Å². The first kappa shape index (κ1) is 18.2. The van der Waals surface area contributed by atoms with Crippen LogP contribution in [0.4, 0.5) is 5.69 Å². The lowest BCUT2D eigenvalue weighted by Gasteiger charge is -2.23. The topological polar surface area (TPSA) is 101 Å². The number of nitrogens with one attached hydrogen (secondary N) is 2. The Morgan fingerprint density at radius 2 is 2.13 bits per heavy atom. The van der Waals surface area contributed by atoms with Crippen LogP contribution >= 0.6 is 0 Å². The zero-order valence-electron chi connectivity index (χ0n) is 16.4. The first-order valence-corrected chi connectivity index (χ1v) is 9.86. The third-order valence-electron chi connectivity index (χ3n) is 5.42. The lowest BCUT2D eigenvalue weighted by atomic mass is 9.90. The van der Waals surface area contributed by atoms with Gasteiger partial charge in [-0.05, 0) is 43.0 Å². The fourth-order valence-corrected chi connectivity index (χ4v) is 4.04. The normalized spacial score (nSPS) is 16.6. The summed E-state index contributed by atoms with van der Waals surface area (Å²) < 4.78 is 1.57. The third kappa shape index (κ3) is 3.26. The van der Waals surface area contributed by atoms with Crippen molar-refractivity contribution >= 4 is 33.9 Å². The van der Waals surface area contributed by atoms with E-state index in [2.05, 4.69) is 20.7 Å². The van der Waals surface area contributed by atoms with Crippen molar-refractivity contribution < 1.29 is 9.59 Å². The number of amides is 2. The van der Waals surface area contributed by atoms with E-state index < -0.39 is 0 Å². The van der Waals surface area contributed by atoms with Gasteiger partial charge in [0.1, 0.15) is 0 Å². The minimum atomic E-state index is -0.247. The van der Waals surface area contributed by atoms with E-state index in [0.717, 1.165) is 28.6 Å². The minimum absolute atomic E-state index is 0.0641. The van der Waals surface area contributed by atoms with Crippen molar-refractivity contribution in [2.75, 3.05) is 11.9 Å². The summed E-state index contributed by atoms with van der Waals surface area (Å²) in [5, 5.41) is 12.0. The molecule has 1 atom stereocenters. The van der Waals surface area contributed by atoms with Crippen LogP contribution in [0.2, 0.25) is 0 Å². The van der Waals surface area contributed by atoms with Crippen LogP contribution in [0.5, 0.6) is 0 Å². The summed E-state index contributed by atoms with van der Waals surface area (Å²) in [7, 11) is 0. The van der Waals surface area contributed by atoms with Gasteiger partial charge >= 0.3 is 0 Å². The molecule has 8 heteroatoms. The molecule has 1 unspecified atom stereocenters. The molecule has 150 valence electrons. The molecule has 3 aromatic heterocycles. The summed E-state index contributed by atoms with van der Waals surface area (Å²) in [5.74, 6) is -0.0794. The van der Waals surface area contributed by atoms with Gasteiger partial charge in [-0.25, -0.2) is 9.50 Å². The molecule has 1 fully saturated rings. The largest absolute Gasteiger partial charge is 0.356 e. The number of pyridine rings is 1. The number of fused-ring (bicyclic) bond motifs is 2. The van der Waals surface area contributed by atoms with Crippen molar-refractivity contribution in [2.24, 2.45) is 0 Å². The molecule has 5 rings (SSSR count). The molecule has 0 saturated carbocycles. The maximum Gasteiger partial charge on any atom is 0.259 e. The predicted molar refractivity (Wildman–Crippen MR) is 112 cm³/mol. The summed E-state index contributed by atoms with van der Waals surface area (Å²) in [6.45, 7) is 2.62. The first-order valence-electron chi connectivity index (χ1n) is 9.86. The van der Waals surface area contributed by atoms with Gasteiger partial charge in [-0.3, -0.25) is 14.6 Å². The number of aryl methyl sites for hydroxylation is 1. The average Bonchev–Trinajstić information content (AvgIpc) is 3.21. The van der Waals surface area contributed by atoms with Crippen molar-refractivity contribution in [1.29, 1.82) is 0 Å². The Bertz CT molecular complexity index is 1300. The van der Waals surface area contributed by atoms with Crippen LogP contribution in [0.3, 0.4) is 0 Å². The van der Waals surface area contributed by atoms with Crippen molar-refractivity contribution in [2.45, 2.75) is 25.7 Å². The maximum atomic E-state index is 12.8. The number of anilines is 1. The maximum absolute atomic E-state index is 12.8. The van der Waals surface area contributed by atoms with Gasteiger partial charge in [0.05, 0.1) is 11.3 Å². The fourth-order valence-electron chi connectivity index (χ4n) is 4.04. The molecule has 0 radical (unpaired) electrons. The number of imidazole rings is 1. The second-order valence-electron chi connectivity index (χ2n) is 7.52. The Morgan fingerprint density at radius 3 is 3.00 bits per heavy atom. The zero-order chi connectivity index (χ0) is 20.7. The predicted octanol–water partition coefficient (Wildman–Crippen LogP) is 2.83. The number of carbonyl (C=O) groups is 2. The number of nitrogens with zero attached hydrogens (tertiary/aromatic N) is 4. The van der Waals surface area contributed by atoms with Crippen LogP contribution in [-0.4, -0.2) is 37.9 Å². The van der Waals surface area contributed by atoms with E-state index in [1.807, 2.05) is 31.2 Å². The highest BCUT2D eigenvalue weighted by molar-refractivity contribution is 6.08. The minimum Gasteiger partial charge on any atom is -0.356 e. The lowest BCUT2D eigenvalue weighted by molar-refractivity contribution is -0.122. The number of benzene rings is 1. The molecule has 8 nitrogen and oxygen atoms in total. The van der Waals surface area contributed by atoms with E-state index in [1.165, 1.54) is 0 Å². The molecular formula is C22H20N6O2. The summed E-state index contributed by atoms with van der Waals surface area (Å²) in [6.07, 6.45) is 6.21. The van der Waals surface area contributed by atoms with Gasteiger partial charge in [-0.15, -0.1) is 0 Å². The van der Waals surface area contributed by atoms with Gasteiger partial charge in [-0.2, -0.15) is 5.10 Å². The Hall–Kier alpha value is -3.81. The SMILES string of the molecule is Cc1cc2cc(NC(=O)c3ccnn4ccnc34)ccc2c(C2CCNC(=O)C2)n1. The molecule has 2 amide bonds. The molecular weight excluding hydrogens is 380 g/mol. The second kappa shape index (κ2) is 7.22. The summed E-state index contributed by atoms with van der Waals surface area (Å²) in [4.78, 5) is 33.6. The van der Waals surface area contributed by atoms with Crippen LogP contribution < -0.4 is 10.6 Å². The highest BCUT2D eigenvalue weighted by Crippen LogP contribution is 2.32. The number of hydrogen-bond donors (Lipinski definition) is 2. The molecule has 4 heterocycles. The third-order valence-corrected chi connectivity index (χ3v) is 5.42. The molecule has 1 aliphatic rings. The van der Waals surface area contributed by atoms with Crippen molar-refractivity contribution in [1.82, 2.24) is 24.9 Å². The second-order valence-corrected chi connectivity index (χ2v) is 7.52. The Labute approximate surface area is 172 Å². The molecule has 0 bridgehead atoms. The van der Waals surface area contributed by atoms with Gasteiger partial charge in [0.25, 0.3) is 5.91 Å². The molecule has 1 aromatic carbocycles. The summed E-state index contributed by atoms with van der Waals surface area (Å²) in [5.41, 5.74) is 3.49. The standard InChI is InChI=1S/C22H20N6O2/c1-13-10-15-11-16(27-22(30)18-5-7-25-28-9-8-24-21(18)28)2-3-17(15)20(26-13)14-4-6-23-19(29)12-14/h2-3,5,7-11,14H,4,6,12H2,1H3,(H,23,29)(H,27,30). The van der Waals surface area contributed by atoms with Crippen molar-refractivity contribution in [3.8, 4) is 0 Å². The van der Waals surface area contributed by atoms with Gasteiger partial charge in [0, 0.05) is 54.2 Å². The van der Waals surface area contributed by atoms with Gasteiger partial charge in [0.15, 0.2) is 5.65 Å². The Balaban J connectivity index is 1.48. The molecule has 1 aliphatic heterocycles. The number of aromatic nitrogens is 4.